The second kappa shape index (κ2) is 15.5. The third-order valence-corrected chi connectivity index (χ3v) is 8.79. The average molecular weight is 483 g/mol. The van der Waals surface area contributed by atoms with Crippen molar-refractivity contribution < 1.29 is 14.6 Å². The molecule has 1 N–H and O–H groups in total. The molecule has 35 heavy (non-hydrogen) atoms. The minimum absolute atomic E-state index is 0.115. The third kappa shape index (κ3) is 9.75. The van der Waals surface area contributed by atoms with E-state index < -0.39 is 5.97 Å². The zero-order valence-electron chi connectivity index (χ0n) is 22.3. The average Bonchev–Trinajstić information content (AvgIpc) is 2.91. The zero-order chi connectivity index (χ0) is 24.9. The number of rotatable bonds is 14. The highest BCUT2D eigenvalue weighted by Gasteiger charge is 2.25. The predicted molar refractivity (Wildman–Crippen MR) is 145 cm³/mol. The van der Waals surface area contributed by atoms with Crippen molar-refractivity contribution in [1.29, 1.82) is 0 Å². The number of unbranched alkanes of at least 4 members (excludes halogenated alkanes) is 2. The number of hydrogen-bond acceptors (Lipinski definition) is 3. The second-order valence-electron chi connectivity index (χ2n) is 11.4. The molecule has 3 nitrogen and oxygen atoms in total. The first kappa shape index (κ1) is 28.0. The molecule has 0 bridgehead atoms. The van der Waals surface area contributed by atoms with E-state index in [0.29, 0.717) is 6.61 Å². The van der Waals surface area contributed by atoms with Gasteiger partial charge in [-0.05, 0) is 73.3 Å². The Balaban J connectivity index is 1.28. The molecule has 3 heteroatoms. The van der Waals surface area contributed by atoms with Crippen molar-refractivity contribution in [2.24, 2.45) is 17.8 Å². The van der Waals surface area contributed by atoms with Crippen LogP contribution in [0, 0.1) is 17.8 Å². The van der Waals surface area contributed by atoms with Gasteiger partial charge in [-0.25, -0.2) is 4.79 Å². The Hall–Kier alpha value is -1.61. The number of aryl methyl sites for hydroxylation is 1. The monoisotopic (exact) mass is 482 g/mol. The standard InChI is InChI=1S/C32H50O3/c1-3-4-5-7-26-9-11-28(12-10-26)13-14-29-17-21-31(22-18-29)30-19-15-27(16-20-30)8-6-23-35-32(34)25(2)24-33/h15-16,19-20,26,28-29,31,33H,2-14,17-18,21-24H2,1H3. The molecular weight excluding hydrogens is 432 g/mol. The van der Waals surface area contributed by atoms with Gasteiger partial charge in [-0.1, -0.05) is 102 Å². The summed E-state index contributed by atoms with van der Waals surface area (Å²) in [5.74, 6) is 3.24. The summed E-state index contributed by atoms with van der Waals surface area (Å²) in [6.45, 7) is 5.82. The van der Waals surface area contributed by atoms with E-state index in [0.717, 1.165) is 36.5 Å². The fraction of sp³-hybridized carbons (Fsp3) is 0.719. The van der Waals surface area contributed by atoms with Gasteiger partial charge >= 0.3 is 5.97 Å². The molecule has 0 amide bonds. The molecule has 0 unspecified atom stereocenters. The Labute approximate surface area is 214 Å². The van der Waals surface area contributed by atoms with Gasteiger partial charge in [0.2, 0.25) is 0 Å². The van der Waals surface area contributed by atoms with Gasteiger partial charge in [0, 0.05) is 0 Å². The predicted octanol–water partition coefficient (Wildman–Crippen LogP) is 8.15. The summed E-state index contributed by atoms with van der Waals surface area (Å²) in [5, 5.41) is 8.90. The van der Waals surface area contributed by atoms with E-state index in [-0.39, 0.29) is 12.2 Å². The van der Waals surface area contributed by atoms with Crippen LogP contribution in [0.15, 0.2) is 36.4 Å². The van der Waals surface area contributed by atoms with Crippen molar-refractivity contribution in [2.75, 3.05) is 13.2 Å². The van der Waals surface area contributed by atoms with Gasteiger partial charge < -0.3 is 9.84 Å². The van der Waals surface area contributed by atoms with Crippen molar-refractivity contribution in [3.8, 4) is 0 Å². The molecular formula is C32H50O3. The van der Waals surface area contributed by atoms with Crippen LogP contribution >= 0.6 is 0 Å². The van der Waals surface area contributed by atoms with Crippen LogP contribution in [0.1, 0.15) is 120 Å². The second-order valence-corrected chi connectivity index (χ2v) is 11.4. The molecule has 0 radical (unpaired) electrons. The van der Waals surface area contributed by atoms with Gasteiger partial charge in [-0.3, -0.25) is 0 Å². The van der Waals surface area contributed by atoms with Crippen molar-refractivity contribution in [3.63, 3.8) is 0 Å². The molecule has 2 aliphatic rings. The lowest BCUT2D eigenvalue weighted by Crippen LogP contribution is -2.18. The first-order valence-electron chi connectivity index (χ1n) is 14.6. The molecule has 2 fully saturated rings. The van der Waals surface area contributed by atoms with Crippen LogP contribution in [-0.4, -0.2) is 24.3 Å². The molecule has 0 heterocycles. The number of carbonyl (C=O) groups excluding carboxylic acids is 1. The smallest absolute Gasteiger partial charge is 0.335 e. The van der Waals surface area contributed by atoms with E-state index >= 15 is 0 Å². The minimum atomic E-state index is -0.497. The van der Waals surface area contributed by atoms with Crippen LogP contribution in [-0.2, 0) is 16.0 Å². The number of carbonyl (C=O) groups is 1. The third-order valence-electron chi connectivity index (χ3n) is 8.79. The maximum atomic E-state index is 11.5. The lowest BCUT2D eigenvalue weighted by Gasteiger charge is -2.32. The van der Waals surface area contributed by atoms with E-state index in [1.54, 1.807) is 0 Å². The fourth-order valence-corrected chi connectivity index (χ4v) is 6.31. The zero-order valence-corrected chi connectivity index (χ0v) is 22.3. The van der Waals surface area contributed by atoms with Crippen LogP contribution in [0.2, 0.25) is 0 Å². The van der Waals surface area contributed by atoms with Crippen molar-refractivity contribution >= 4 is 5.97 Å². The SMILES string of the molecule is C=C(CO)C(=O)OCCCc1ccc(C2CCC(CCC3CCC(CCCCC)CC3)CC2)cc1. The summed E-state index contributed by atoms with van der Waals surface area (Å²) in [6, 6.07) is 9.13. The normalized spacial score (nSPS) is 24.7. The molecule has 0 aromatic heterocycles. The van der Waals surface area contributed by atoms with Crippen LogP contribution in [0.5, 0.6) is 0 Å². The lowest BCUT2D eigenvalue weighted by atomic mass is 9.74. The Morgan fingerprint density at radius 2 is 1.43 bits per heavy atom. The van der Waals surface area contributed by atoms with E-state index in [1.807, 2.05) is 0 Å². The first-order chi connectivity index (χ1) is 17.1. The van der Waals surface area contributed by atoms with Crippen LogP contribution in [0.3, 0.4) is 0 Å². The highest BCUT2D eigenvalue weighted by atomic mass is 16.5. The first-order valence-corrected chi connectivity index (χ1v) is 14.6. The summed E-state index contributed by atoms with van der Waals surface area (Å²) in [6.07, 6.45) is 21.9. The molecule has 1 aromatic rings. The molecule has 2 saturated carbocycles. The molecule has 0 saturated heterocycles. The maximum absolute atomic E-state index is 11.5. The topological polar surface area (TPSA) is 46.5 Å². The van der Waals surface area contributed by atoms with Crippen LogP contribution < -0.4 is 0 Å². The Kier molecular flexibility index (Phi) is 12.4. The molecule has 1 aromatic carbocycles. The molecule has 2 aliphatic carbocycles. The Morgan fingerprint density at radius 1 is 0.857 bits per heavy atom. The van der Waals surface area contributed by atoms with Gasteiger partial charge in [0.25, 0.3) is 0 Å². The highest BCUT2D eigenvalue weighted by molar-refractivity contribution is 5.87. The summed E-state index contributed by atoms with van der Waals surface area (Å²) in [5.41, 5.74) is 2.91. The number of esters is 1. The van der Waals surface area contributed by atoms with E-state index in [9.17, 15) is 4.79 Å². The lowest BCUT2D eigenvalue weighted by molar-refractivity contribution is -0.139. The summed E-state index contributed by atoms with van der Waals surface area (Å²) in [4.78, 5) is 11.5. The number of aliphatic hydroxyl groups excluding tert-OH is 1. The van der Waals surface area contributed by atoms with Crippen LogP contribution in [0.25, 0.3) is 0 Å². The van der Waals surface area contributed by atoms with Crippen molar-refractivity contribution in [1.82, 2.24) is 0 Å². The van der Waals surface area contributed by atoms with E-state index in [2.05, 4.69) is 37.8 Å². The van der Waals surface area contributed by atoms with Crippen molar-refractivity contribution in [3.05, 3.63) is 47.5 Å². The van der Waals surface area contributed by atoms with Gasteiger partial charge in [0.1, 0.15) is 0 Å². The van der Waals surface area contributed by atoms with Gasteiger partial charge in [0.05, 0.1) is 18.8 Å². The number of aliphatic hydroxyl groups is 1. The van der Waals surface area contributed by atoms with Gasteiger partial charge in [-0.2, -0.15) is 0 Å². The molecule has 0 spiro atoms. The fourth-order valence-electron chi connectivity index (χ4n) is 6.31. The van der Waals surface area contributed by atoms with Gasteiger partial charge in [-0.15, -0.1) is 0 Å². The number of ether oxygens (including phenoxy) is 1. The summed E-state index contributed by atoms with van der Waals surface area (Å²) >= 11 is 0. The molecule has 0 aliphatic heterocycles. The molecule has 0 atom stereocenters. The van der Waals surface area contributed by atoms with E-state index in [4.69, 9.17) is 9.84 Å². The van der Waals surface area contributed by atoms with Gasteiger partial charge in [0.15, 0.2) is 0 Å². The van der Waals surface area contributed by atoms with Crippen LogP contribution in [0.4, 0.5) is 0 Å². The summed E-state index contributed by atoms with van der Waals surface area (Å²) in [7, 11) is 0. The number of benzene rings is 1. The Morgan fingerprint density at radius 3 is 2.00 bits per heavy atom. The highest BCUT2D eigenvalue weighted by Crippen LogP contribution is 2.40. The molecule has 196 valence electrons. The molecule has 3 rings (SSSR count). The maximum Gasteiger partial charge on any atom is 0.335 e. The largest absolute Gasteiger partial charge is 0.462 e. The van der Waals surface area contributed by atoms with Crippen molar-refractivity contribution in [2.45, 2.75) is 116 Å². The summed E-state index contributed by atoms with van der Waals surface area (Å²) < 4.78 is 5.13. The quantitative estimate of drug-likeness (QED) is 0.165. The van der Waals surface area contributed by atoms with E-state index in [1.165, 1.54) is 101 Å². The Bertz CT molecular complexity index is 737. The number of hydrogen-bond donors (Lipinski definition) is 1. The minimum Gasteiger partial charge on any atom is -0.462 e.